The summed E-state index contributed by atoms with van der Waals surface area (Å²) >= 11 is 0. The normalized spacial score (nSPS) is 30.1. The standard InChI is InChI=1S/C8H13NO2S/c1-7-4-3-5-8(2,6-7)12(9,10)11/h3-4,6H,5H2,1-2H3,(H2,9,10,11). The molecule has 0 saturated heterocycles. The van der Waals surface area contributed by atoms with Crippen molar-refractivity contribution in [2.24, 2.45) is 5.14 Å². The van der Waals surface area contributed by atoms with E-state index in [9.17, 15) is 8.42 Å². The van der Waals surface area contributed by atoms with Gasteiger partial charge in [-0.2, -0.15) is 0 Å². The maximum Gasteiger partial charge on any atom is 0.218 e. The van der Waals surface area contributed by atoms with Crippen molar-refractivity contribution in [2.45, 2.75) is 25.0 Å². The zero-order valence-corrected chi connectivity index (χ0v) is 8.06. The summed E-state index contributed by atoms with van der Waals surface area (Å²) in [7, 11) is -3.49. The first kappa shape index (κ1) is 9.48. The van der Waals surface area contributed by atoms with Crippen LogP contribution in [0.3, 0.4) is 0 Å². The maximum absolute atomic E-state index is 11.2. The Morgan fingerprint density at radius 2 is 2.17 bits per heavy atom. The molecule has 2 N–H and O–H groups in total. The second-order valence-corrected chi connectivity index (χ2v) is 5.38. The Morgan fingerprint density at radius 3 is 2.50 bits per heavy atom. The summed E-state index contributed by atoms with van der Waals surface area (Å²) in [5.74, 6) is 0. The summed E-state index contributed by atoms with van der Waals surface area (Å²) in [6.07, 6.45) is 5.89. The summed E-state index contributed by atoms with van der Waals surface area (Å²) in [5, 5.41) is 5.10. The lowest BCUT2D eigenvalue weighted by atomic mass is 9.98. The highest BCUT2D eigenvalue weighted by atomic mass is 32.2. The number of sulfonamides is 1. The highest BCUT2D eigenvalue weighted by molar-refractivity contribution is 7.90. The minimum Gasteiger partial charge on any atom is -0.228 e. The lowest BCUT2D eigenvalue weighted by Crippen LogP contribution is -2.39. The Balaban J connectivity index is 3.13. The van der Waals surface area contributed by atoms with Crippen LogP contribution in [0.2, 0.25) is 0 Å². The highest BCUT2D eigenvalue weighted by Crippen LogP contribution is 2.26. The van der Waals surface area contributed by atoms with Gasteiger partial charge in [0.15, 0.2) is 0 Å². The molecule has 0 aromatic carbocycles. The van der Waals surface area contributed by atoms with Crippen molar-refractivity contribution in [3.63, 3.8) is 0 Å². The Labute approximate surface area is 73.0 Å². The number of hydrogen-bond donors (Lipinski definition) is 1. The van der Waals surface area contributed by atoms with Gasteiger partial charge in [-0.3, -0.25) is 0 Å². The van der Waals surface area contributed by atoms with Gasteiger partial charge >= 0.3 is 0 Å². The molecule has 0 fully saturated rings. The van der Waals surface area contributed by atoms with E-state index in [4.69, 9.17) is 5.14 Å². The maximum atomic E-state index is 11.2. The molecule has 0 amide bonds. The summed E-state index contributed by atoms with van der Waals surface area (Å²) in [5.41, 5.74) is 0.942. The molecule has 3 nitrogen and oxygen atoms in total. The topological polar surface area (TPSA) is 60.2 Å². The average molecular weight is 187 g/mol. The molecule has 4 heteroatoms. The van der Waals surface area contributed by atoms with Gasteiger partial charge in [0.25, 0.3) is 0 Å². The van der Waals surface area contributed by atoms with Gasteiger partial charge in [0.2, 0.25) is 10.0 Å². The quantitative estimate of drug-likeness (QED) is 0.664. The van der Waals surface area contributed by atoms with Crippen LogP contribution < -0.4 is 5.14 Å². The number of rotatable bonds is 1. The van der Waals surface area contributed by atoms with E-state index in [-0.39, 0.29) is 0 Å². The molecule has 1 rings (SSSR count). The van der Waals surface area contributed by atoms with Crippen LogP contribution in [0.5, 0.6) is 0 Å². The Bertz CT molecular complexity index is 340. The summed E-state index contributed by atoms with van der Waals surface area (Å²) in [6.45, 7) is 3.49. The molecular formula is C8H13NO2S. The molecule has 1 atom stereocenters. The molecule has 1 aliphatic rings. The van der Waals surface area contributed by atoms with Crippen LogP contribution in [-0.4, -0.2) is 13.2 Å². The average Bonchev–Trinajstić information content (AvgIpc) is 1.83. The van der Waals surface area contributed by atoms with E-state index in [0.717, 1.165) is 5.57 Å². The first-order valence-electron chi connectivity index (χ1n) is 3.73. The number of hydrogen-bond acceptors (Lipinski definition) is 2. The Kier molecular flexibility index (Phi) is 2.14. The fourth-order valence-corrected chi connectivity index (χ4v) is 1.94. The molecule has 1 aliphatic carbocycles. The van der Waals surface area contributed by atoms with Crippen LogP contribution in [0.1, 0.15) is 20.3 Å². The fourth-order valence-electron chi connectivity index (χ4n) is 1.27. The van der Waals surface area contributed by atoms with E-state index in [1.165, 1.54) is 0 Å². The molecule has 1 unspecified atom stereocenters. The monoisotopic (exact) mass is 187 g/mol. The van der Waals surface area contributed by atoms with Gasteiger partial charge in [-0.15, -0.1) is 0 Å². The molecule has 0 radical (unpaired) electrons. The largest absolute Gasteiger partial charge is 0.228 e. The third-order valence-electron chi connectivity index (χ3n) is 2.09. The second-order valence-electron chi connectivity index (χ2n) is 3.35. The molecule has 0 aliphatic heterocycles. The summed E-state index contributed by atoms with van der Waals surface area (Å²) < 4.78 is 21.4. The van der Waals surface area contributed by atoms with Crippen molar-refractivity contribution < 1.29 is 8.42 Å². The third kappa shape index (κ3) is 1.59. The van der Waals surface area contributed by atoms with E-state index in [2.05, 4.69) is 0 Å². The van der Waals surface area contributed by atoms with Gasteiger partial charge in [-0.05, 0) is 20.3 Å². The first-order valence-corrected chi connectivity index (χ1v) is 5.28. The SMILES string of the molecule is CC1=CC(C)(S(N)(=O)=O)CC=C1. The van der Waals surface area contributed by atoms with Crippen LogP contribution in [0.15, 0.2) is 23.8 Å². The highest BCUT2D eigenvalue weighted by Gasteiger charge is 2.34. The van der Waals surface area contributed by atoms with Crippen molar-refractivity contribution in [3.8, 4) is 0 Å². The van der Waals surface area contributed by atoms with Gasteiger partial charge < -0.3 is 0 Å². The van der Waals surface area contributed by atoms with Gasteiger partial charge in [0.1, 0.15) is 4.75 Å². The van der Waals surface area contributed by atoms with Gasteiger partial charge in [-0.25, -0.2) is 13.6 Å². The minimum atomic E-state index is -3.49. The number of allylic oxidation sites excluding steroid dienone is 3. The van der Waals surface area contributed by atoms with Gasteiger partial charge in [0, 0.05) is 0 Å². The zero-order chi connectivity index (χ0) is 9.41. The third-order valence-corrected chi connectivity index (χ3v) is 3.67. The molecule has 0 heterocycles. The van der Waals surface area contributed by atoms with Crippen LogP contribution in [0.25, 0.3) is 0 Å². The van der Waals surface area contributed by atoms with Crippen molar-refractivity contribution in [2.75, 3.05) is 0 Å². The number of primary sulfonamides is 1. The lowest BCUT2D eigenvalue weighted by molar-refractivity contribution is 0.563. The molecule has 0 aromatic rings. The van der Waals surface area contributed by atoms with Crippen LogP contribution in [-0.2, 0) is 10.0 Å². The lowest BCUT2D eigenvalue weighted by Gasteiger charge is -2.24. The molecule has 0 bridgehead atoms. The Hall–Kier alpha value is -0.610. The van der Waals surface area contributed by atoms with Crippen molar-refractivity contribution in [1.82, 2.24) is 0 Å². The van der Waals surface area contributed by atoms with Crippen LogP contribution in [0, 0.1) is 0 Å². The van der Waals surface area contributed by atoms with E-state index >= 15 is 0 Å². The molecule has 0 saturated carbocycles. The van der Waals surface area contributed by atoms with Crippen molar-refractivity contribution >= 4 is 10.0 Å². The minimum absolute atomic E-state index is 0.461. The van der Waals surface area contributed by atoms with E-state index in [1.54, 1.807) is 13.0 Å². The van der Waals surface area contributed by atoms with E-state index in [1.807, 2.05) is 19.1 Å². The van der Waals surface area contributed by atoms with E-state index in [0.29, 0.717) is 6.42 Å². The number of nitrogens with two attached hydrogens (primary N) is 1. The second kappa shape index (κ2) is 2.71. The van der Waals surface area contributed by atoms with Crippen molar-refractivity contribution in [3.05, 3.63) is 23.8 Å². The molecular weight excluding hydrogens is 174 g/mol. The smallest absolute Gasteiger partial charge is 0.218 e. The molecule has 12 heavy (non-hydrogen) atoms. The molecule has 68 valence electrons. The van der Waals surface area contributed by atoms with Gasteiger partial charge in [-0.1, -0.05) is 23.8 Å². The molecule has 0 spiro atoms. The first-order chi connectivity index (χ1) is 5.35. The summed E-state index contributed by atoms with van der Waals surface area (Å²) in [6, 6.07) is 0. The molecule has 0 aromatic heterocycles. The zero-order valence-electron chi connectivity index (χ0n) is 7.24. The van der Waals surface area contributed by atoms with E-state index < -0.39 is 14.8 Å². The predicted molar refractivity (Wildman–Crippen MR) is 49.0 cm³/mol. The van der Waals surface area contributed by atoms with Crippen LogP contribution >= 0.6 is 0 Å². The fraction of sp³-hybridized carbons (Fsp3) is 0.500. The van der Waals surface area contributed by atoms with Crippen molar-refractivity contribution in [1.29, 1.82) is 0 Å². The Morgan fingerprint density at radius 1 is 1.58 bits per heavy atom. The predicted octanol–water partition coefficient (Wildman–Crippen LogP) is 0.940. The summed E-state index contributed by atoms with van der Waals surface area (Å²) in [4.78, 5) is 0. The van der Waals surface area contributed by atoms with Crippen LogP contribution in [0.4, 0.5) is 0 Å². The van der Waals surface area contributed by atoms with Gasteiger partial charge in [0.05, 0.1) is 0 Å².